The smallest absolute Gasteiger partial charge is 0.167 e. The minimum absolute atomic E-state index is 0.143. The molecule has 0 saturated heterocycles. The number of nitrogens with zero attached hydrogens (tertiary/aromatic N) is 3. The van der Waals surface area contributed by atoms with Crippen LogP contribution < -0.4 is 0 Å². The molecular weight excluding hydrogens is 719 g/mol. The van der Waals surface area contributed by atoms with Crippen LogP contribution in [0.2, 0.25) is 0 Å². The molecular formula is C51H29N3O2S. The lowest BCUT2D eigenvalue weighted by molar-refractivity contribution is 0.669. The number of thiophene rings is 1. The first kappa shape index (κ1) is 14.6. The zero-order chi connectivity index (χ0) is 62.7. The lowest BCUT2D eigenvalue weighted by Crippen LogP contribution is -2.00. The zero-order valence-corrected chi connectivity index (χ0v) is 28.9. The van der Waals surface area contributed by atoms with Gasteiger partial charge in [-0.15, -0.1) is 11.3 Å². The van der Waals surface area contributed by atoms with Crippen LogP contribution >= 0.6 is 11.3 Å². The fourth-order valence-electron chi connectivity index (χ4n) is 6.44. The van der Waals surface area contributed by atoms with Crippen LogP contribution in [0.5, 0.6) is 0 Å². The van der Waals surface area contributed by atoms with Crippen LogP contribution in [0, 0.1) is 0 Å². The van der Waals surface area contributed by atoms with Gasteiger partial charge < -0.3 is 8.83 Å². The number of hydrogen-bond donors (Lipinski definition) is 0. The van der Waals surface area contributed by atoms with Crippen molar-refractivity contribution < 1.29 is 48.6 Å². The molecule has 0 bridgehead atoms. The molecule has 12 aromatic rings. The topological polar surface area (TPSA) is 65.0 Å². The molecule has 0 saturated carbocycles. The Morgan fingerprint density at radius 1 is 0.368 bits per heavy atom. The largest absolute Gasteiger partial charge is 0.455 e. The summed E-state index contributed by atoms with van der Waals surface area (Å²) in [5.41, 5.74) is -7.54. The predicted molar refractivity (Wildman–Crippen MR) is 234 cm³/mol. The number of hydrogen-bond acceptors (Lipinski definition) is 6. The van der Waals surface area contributed by atoms with Gasteiger partial charge in [0.1, 0.15) is 22.3 Å². The van der Waals surface area contributed by atoms with E-state index in [4.69, 9.17) is 37.6 Å². The monoisotopic (exact) mass is 776 g/mol. The van der Waals surface area contributed by atoms with Gasteiger partial charge in [0.2, 0.25) is 0 Å². The molecule has 0 radical (unpaired) electrons. The summed E-state index contributed by atoms with van der Waals surface area (Å²) in [6.45, 7) is 0. The van der Waals surface area contributed by atoms with E-state index in [1.807, 2.05) is 0 Å². The van der Waals surface area contributed by atoms with E-state index in [0.29, 0.717) is 11.3 Å². The predicted octanol–water partition coefficient (Wildman–Crippen LogP) is 14.4. The maximum Gasteiger partial charge on any atom is 0.167 e. The maximum absolute atomic E-state index is 10.1. The van der Waals surface area contributed by atoms with Crippen molar-refractivity contribution in [1.29, 1.82) is 0 Å². The number of aromatic nitrogens is 3. The quantitative estimate of drug-likeness (QED) is 0.174. The SMILES string of the molecule is [2H]c1c([2H])c([2H])c(-c2nc(-c3c([2H])c([2H])c([2H])c([2H])c3[2H])nc(-c3c([2H])c([2H])c([2H])c4c3oc3c([2H])c([2H])c(-c5c([2H])c(-c6c([2H])c([2H])c([2H])c7sc8c([2H])c([2H])c([2H])c([2H])c8c67)c6oc7c([2H])c([2H])c([2H])c([2H])c7c6c5[2H])c([2H])c34)n2)c([2H])c1[2H]. The highest BCUT2D eigenvalue weighted by Gasteiger charge is 2.21. The molecule has 4 aromatic heterocycles. The van der Waals surface area contributed by atoms with Crippen LogP contribution in [-0.2, 0) is 0 Å². The Balaban J connectivity index is 1.25. The van der Waals surface area contributed by atoms with E-state index in [9.17, 15) is 11.0 Å². The first-order valence-electron chi connectivity index (χ1n) is 31.1. The van der Waals surface area contributed by atoms with Gasteiger partial charge >= 0.3 is 0 Å². The van der Waals surface area contributed by atoms with E-state index >= 15 is 0 Å². The van der Waals surface area contributed by atoms with Gasteiger partial charge in [0.05, 0.1) is 45.3 Å². The first-order chi connectivity index (χ1) is 40.3. The highest BCUT2D eigenvalue weighted by molar-refractivity contribution is 7.25. The van der Waals surface area contributed by atoms with Crippen molar-refractivity contribution in [3.63, 3.8) is 0 Å². The molecule has 0 fully saturated rings. The highest BCUT2D eigenvalue weighted by Crippen LogP contribution is 2.46. The van der Waals surface area contributed by atoms with Gasteiger partial charge in [0.15, 0.2) is 17.5 Å². The van der Waals surface area contributed by atoms with Crippen molar-refractivity contribution in [2.75, 3.05) is 0 Å². The number of fused-ring (bicyclic) bond motifs is 9. The first-order valence-corrected chi connectivity index (χ1v) is 17.4. The molecule has 0 aliphatic carbocycles. The second-order valence-corrected chi connectivity index (χ2v) is 13.1. The van der Waals surface area contributed by atoms with E-state index in [2.05, 4.69) is 15.0 Å². The second-order valence-electron chi connectivity index (χ2n) is 12.1. The van der Waals surface area contributed by atoms with E-state index in [1.54, 1.807) is 0 Å². The summed E-state index contributed by atoms with van der Waals surface area (Å²) in [5.74, 6) is -2.42. The molecule has 0 atom stereocenters. The van der Waals surface area contributed by atoms with E-state index < -0.39 is 276 Å². The summed E-state index contributed by atoms with van der Waals surface area (Å²) < 4.78 is 272. The molecule has 0 amide bonds. The van der Waals surface area contributed by atoms with Crippen LogP contribution in [0.3, 0.4) is 0 Å². The molecule has 6 heteroatoms. The Hall–Kier alpha value is -7.41. The lowest BCUT2D eigenvalue weighted by Gasteiger charge is -2.10. The molecule has 4 heterocycles. The number of furan rings is 2. The fraction of sp³-hybridized carbons (Fsp3) is 0. The van der Waals surface area contributed by atoms with E-state index in [0.717, 1.165) is 0 Å². The van der Waals surface area contributed by atoms with Gasteiger partial charge in [-0.25, -0.2) is 15.0 Å². The van der Waals surface area contributed by atoms with Crippen LogP contribution in [0.4, 0.5) is 0 Å². The molecule has 0 aliphatic rings. The summed E-state index contributed by atoms with van der Waals surface area (Å²) in [6, 6.07) is -24.5. The minimum Gasteiger partial charge on any atom is -0.455 e. The minimum atomic E-state index is -1.00. The van der Waals surface area contributed by atoms with E-state index in [-0.39, 0.29) is 20.2 Å². The van der Waals surface area contributed by atoms with Gasteiger partial charge in [-0.1, -0.05) is 127 Å². The molecule has 0 aliphatic heterocycles. The Morgan fingerprint density at radius 3 is 1.74 bits per heavy atom. The van der Waals surface area contributed by atoms with Crippen molar-refractivity contribution in [2.45, 2.75) is 0 Å². The van der Waals surface area contributed by atoms with Crippen molar-refractivity contribution in [1.82, 2.24) is 15.0 Å². The maximum atomic E-state index is 10.1. The molecule has 0 unspecified atom stereocenters. The van der Waals surface area contributed by atoms with Crippen molar-refractivity contribution in [3.8, 4) is 56.4 Å². The Labute approximate surface area is 370 Å². The third-order valence-corrected chi connectivity index (χ3v) is 9.90. The average molecular weight is 777 g/mol. The fourth-order valence-corrected chi connectivity index (χ4v) is 7.41. The molecule has 8 aromatic carbocycles. The average Bonchev–Trinajstić information content (AvgIpc) is 1.77. The van der Waals surface area contributed by atoms with Crippen LogP contribution in [0.1, 0.15) is 39.8 Å². The second kappa shape index (κ2) is 12.6. The van der Waals surface area contributed by atoms with Crippen LogP contribution in [0.25, 0.3) is 120 Å². The van der Waals surface area contributed by atoms with E-state index in [1.165, 1.54) is 0 Å². The summed E-state index contributed by atoms with van der Waals surface area (Å²) >= 11 is 0.659. The molecule has 266 valence electrons. The number of benzene rings is 8. The molecule has 12 rings (SSSR count). The van der Waals surface area contributed by atoms with Gasteiger partial charge in [-0.2, -0.15) is 0 Å². The summed E-state index contributed by atoms with van der Waals surface area (Å²) in [6.07, 6.45) is 0. The lowest BCUT2D eigenvalue weighted by atomic mass is 9.93. The normalized spacial score (nSPS) is 19.0. The molecule has 5 nitrogen and oxygen atoms in total. The molecule has 0 N–H and O–H groups in total. The highest BCUT2D eigenvalue weighted by atomic mass is 32.1. The number of para-hydroxylation sites is 2. The van der Waals surface area contributed by atoms with Crippen molar-refractivity contribution >= 4 is 75.4 Å². The van der Waals surface area contributed by atoms with Crippen molar-refractivity contribution in [3.05, 3.63) is 175 Å². The van der Waals surface area contributed by atoms with Crippen molar-refractivity contribution in [2.24, 2.45) is 0 Å². The van der Waals surface area contributed by atoms with Gasteiger partial charge in [-0.05, 0) is 65.0 Å². The summed E-state index contributed by atoms with van der Waals surface area (Å²) in [5, 5.41) is -2.83. The number of rotatable bonds is 5. The van der Waals surface area contributed by atoms with Gasteiger partial charge in [0.25, 0.3) is 0 Å². The molecule has 57 heavy (non-hydrogen) atoms. The Bertz CT molecular complexity index is 5100. The van der Waals surface area contributed by atoms with Gasteiger partial charge in [0, 0.05) is 58.4 Å². The van der Waals surface area contributed by atoms with Crippen LogP contribution in [0.15, 0.2) is 184 Å². The third kappa shape index (κ3) is 5.12. The summed E-state index contributed by atoms with van der Waals surface area (Å²) in [7, 11) is 0. The standard InChI is InChI=1S/C51H29N3O2S/c1-3-13-30(14-4-1)49-52-50(31-15-5-2-6-16-31)54-51(53-49)38-21-11-20-36-39-27-32(25-26-43(39)56-47(36)38)33-28-40-34-17-7-9-22-42(34)55-48(40)41(29-33)35-19-12-24-45-46(35)37-18-8-10-23-44(37)57-45/h1-29H/i1D,2D,3D,4D,5D,6D,7D,8D,9D,10D,11D,12D,13D,14D,15D,16D,17D,18D,19D,20D,21D,22D,23D,24D,25D,26D,27D,28D,29D. The van der Waals surface area contributed by atoms with Crippen LogP contribution in [-0.4, -0.2) is 15.0 Å². The zero-order valence-electron chi connectivity index (χ0n) is 57.1. The summed E-state index contributed by atoms with van der Waals surface area (Å²) in [4.78, 5) is 12.9. The van der Waals surface area contributed by atoms with Gasteiger partial charge in [-0.3, -0.25) is 0 Å². The third-order valence-electron chi connectivity index (χ3n) is 8.88. The Morgan fingerprint density at radius 2 is 0.947 bits per heavy atom. The Kier molecular flexibility index (Phi) is 3.22. The molecule has 0 spiro atoms.